The summed E-state index contributed by atoms with van der Waals surface area (Å²) in [4.78, 5) is 59.7. The Balaban J connectivity index is 2.03. The molecule has 1 aliphatic rings. The Morgan fingerprint density at radius 3 is 2.10 bits per heavy atom. The van der Waals surface area contributed by atoms with Crippen LogP contribution in [0.2, 0.25) is 0 Å². The maximum Gasteiger partial charge on any atom is 0.306 e. The van der Waals surface area contributed by atoms with E-state index in [1.54, 1.807) is 25.1 Å². The van der Waals surface area contributed by atoms with Crippen molar-refractivity contribution in [3.63, 3.8) is 0 Å². The number of fused-ring (bicyclic) bond motifs is 1. The molecule has 218 valence electrons. The van der Waals surface area contributed by atoms with E-state index in [1.165, 1.54) is 13.2 Å². The minimum absolute atomic E-state index is 0.0477. The maximum absolute atomic E-state index is 12.1. The lowest BCUT2D eigenvalue weighted by Gasteiger charge is -2.44. The Kier molecular flexibility index (Phi) is 10.5. The minimum Gasteiger partial charge on any atom is -0.466 e. The molecule has 0 saturated carbocycles. The highest BCUT2D eigenvalue weighted by Crippen LogP contribution is 2.34. The molecule has 0 unspecified atom stereocenters. The third-order valence-electron chi connectivity index (χ3n) is 5.73. The van der Waals surface area contributed by atoms with E-state index in [0.29, 0.717) is 11.1 Å². The van der Waals surface area contributed by atoms with E-state index in [4.69, 9.17) is 37.6 Å². The number of carbonyl (C=O) groups is 5. The molecular weight excluding hydrogens is 532 g/mol. The van der Waals surface area contributed by atoms with Crippen molar-refractivity contribution in [2.45, 2.75) is 78.2 Å². The Labute approximate surface area is 229 Å². The van der Waals surface area contributed by atoms with Crippen LogP contribution in [0, 0.1) is 0 Å². The molecule has 13 heteroatoms. The van der Waals surface area contributed by atoms with Crippen LogP contribution < -0.4 is 4.74 Å². The molecular formula is C27H32O13. The third-order valence-corrected chi connectivity index (χ3v) is 5.73. The zero-order chi connectivity index (χ0) is 29.4. The van der Waals surface area contributed by atoms with Crippen molar-refractivity contribution in [1.29, 1.82) is 0 Å². The average Bonchev–Trinajstić information content (AvgIpc) is 3.31. The van der Waals surface area contributed by atoms with Gasteiger partial charge in [0.05, 0.1) is 12.9 Å². The molecule has 3 rings (SSSR count). The highest BCUT2D eigenvalue weighted by Gasteiger charge is 2.53. The molecule has 0 radical (unpaired) electrons. The number of hydrogen-bond acceptors (Lipinski definition) is 13. The molecule has 0 spiro atoms. The Bertz CT molecular complexity index is 1230. The van der Waals surface area contributed by atoms with E-state index >= 15 is 0 Å². The molecule has 0 amide bonds. The van der Waals surface area contributed by atoms with Crippen LogP contribution in [-0.4, -0.2) is 73.8 Å². The van der Waals surface area contributed by atoms with Gasteiger partial charge in [-0.15, -0.1) is 0 Å². The molecule has 1 fully saturated rings. The summed E-state index contributed by atoms with van der Waals surface area (Å²) in [5.41, 5.74) is 1.04. The SMILES string of the molecule is CCOC(=O)CCc1cc2ccoc2cc1O[C@@H]1O[C@H](COC(C)=O)[C@@H](OC(C)=O)[C@H](OC(C)=O)[C@H]1OC(C)=O. The number of carbonyl (C=O) groups excluding carboxylic acids is 5. The minimum atomic E-state index is -1.44. The lowest BCUT2D eigenvalue weighted by molar-refractivity contribution is -0.288. The van der Waals surface area contributed by atoms with E-state index in [9.17, 15) is 24.0 Å². The number of aryl methyl sites for hydroxylation is 1. The first-order chi connectivity index (χ1) is 19.0. The zero-order valence-corrected chi connectivity index (χ0v) is 22.8. The van der Waals surface area contributed by atoms with E-state index in [2.05, 4.69) is 0 Å². The molecule has 0 N–H and O–H groups in total. The lowest BCUT2D eigenvalue weighted by atomic mass is 9.98. The summed E-state index contributed by atoms with van der Waals surface area (Å²) < 4.78 is 44.1. The summed E-state index contributed by atoms with van der Waals surface area (Å²) in [6, 6.07) is 5.07. The highest BCUT2D eigenvalue weighted by molar-refractivity contribution is 5.80. The molecule has 40 heavy (non-hydrogen) atoms. The van der Waals surface area contributed by atoms with Gasteiger partial charge in [-0.1, -0.05) is 0 Å². The van der Waals surface area contributed by atoms with Crippen LogP contribution in [0.4, 0.5) is 0 Å². The van der Waals surface area contributed by atoms with E-state index < -0.39 is 67.2 Å². The van der Waals surface area contributed by atoms with Crippen LogP contribution >= 0.6 is 0 Å². The number of furan rings is 1. The molecule has 1 aliphatic heterocycles. The first kappa shape index (κ1) is 30.4. The second kappa shape index (κ2) is 13.8. The van der Waals surface area contributed by atoms with Crippen LogP contribution in [0.3, 0.4) is 0 Å². The van der Waals surface area contributed by atoms with Gasteiger partial charge in [-0.2, -0.15) is 0 Å². The number of benzene rings is 1. The number of ether oxygens (including phenoxy) is 7. The fourth-order valence-corrected chi connectivity index (χ4v) is 4.22. The van der Waals surface area contributed by atoms with E-state index in [-0.39, 0.29) is 25.2 Å². The van der Waals surface area contributed by atoms with Gasteiger partial charge in [0.1, 0.15) is 24.0 Å². The summed E-state index contributed by atoms with van der Waals surface area (Å²) in [6.45, 7) is 6.10. The quantitative estimate of drug-likeness (QED) is 0.289. The second-order valence-corrected chi connectivity index (χ2v) is 8.91. The van der Waals surface area contributed by atoms with Gasteiger partial charge in [-0.3, -0.25) is 24.0 Å². The van der Waals surface area contributed by atoms with Crippen LogP contribution in [0.1, 0.15) is 46.6 Å². The molecule has 13 nitrogen and oxygen atoms in total. The van der Waals surface area contributed by atoms with E-state index in [1.807, 2.05) is 0 Å². The summed E-state index contributed by atoms with van der Waals surface area (Å²) in [5, 5.41) is 0.743. The summed E-state index contributed by atoms with van der Waals surface area (Å²) in [5.74, 6) is -3.11. The Hall–Kier alpha value is -4.13. The molecule has 0 bridgehead atoms. The molecule has 2 aromatic rings. The molecule has 1 saturated heterocycles. The summed E-state index contributed by atoms with van der Waals surface area (Å²) in [6.07, 6.45) is -4.98. The Morgan fingerprint density at radius 2 is 1.48 bits per heavy atom. The molecule has 2 heterocycles. The van der Waals surface area contributed by atoms with Gasteiger partial charge < -0.3 is 37.6 Å². The van der Waals surface area contributed by atoms with Gasteiger partial charge in [0.25, 0.3) is 0 Å². The van der Waals surface area contributed by atoms with Crippen LogP contribution in [0.5, 0.6) is 5.75 Å². The van der Waals surface area contributed by atoms with Gasteiger partial charge in [0.2, 0.25) is 12.4 Å². The first-order valence-corrected chi connectivity index (χ1v) is 12.6. The van der Waals surface area contributed by atoms with Gasteiger partial charge in [0.15, 0.2) is 12.2 Å². The topological polar surface area (TPSA) is 163 Å². The zero-order valence-electron chi connectivity index (χ0n) is 22.8. The smallest absolute Gasteiger partial charge is 0.306 e. The number of esters is 5. The first-order valence-electron chi connectivity index (χ1n) is 12.6. The normalized spacial score (nSPS) is 22.2. The molecule has 5 atom stereocenters. The van der Waals surface area contributed by atoms with Crippen molar-refractivity contribution >= 4 is 40.8 Å². The molecule has 0 aliphatic carbocycles. The largest absolute Gasteiger partial charge is 0.466 e. The van der Waals surface area contributed by atoms with Crippen LogP contribution in [-0.2, 0) is 58.8 Å². The fraction of sp³-hybridized carbons (Fsp3) is 0.519. The number of rotatable bonds is 11. The Morgan fingerprint density at radius 1 is 0.825 bits per heavy atom. The summed E-state index contributed by atoms with van der Waals surface area (Å²) >= 11 is 0. The predicted molar refractivity (Wildman–Crippen MR) is 134 cm³/mol. The van der Waals surface area contributed by atoms with Gasteiger partial charge in [-0.05, 0) is 31.0 Å². The van der Waals surface area contributed by atoms with Crippen molar-refractivity contribution in [3.05, 3.63) is 30.0 Å². The lowest BCUT2D eigenvalue weighted by Crippen LogP contribution is -2.63. The van der Waals surface area contributed by atoms with E-state index in [0.717, 1.165) is 26.2 Å². The predicted octanol–water partition coefficient (Wildman–Crippen LogP) is 2.39. The average molecular weight is 565 g/mol. The molecule has 1 aromatic heterocycles. The van der Waals surface area contributed by atoms with Crippen LogP contribution in [0.15, 0.2) is 28.9 Å². The van der Waals surface area contributed by atoms with Crippen LogP contribution in [0.25, 0.3) is 11.0 Å². The molecule has 1 aromatic carbocycles. The van der Waals surface area contributed by atoms with Crippen molar-refractivity contribution in [3.8, 4) is 5.75 Å². The van der Waals surface area contributed by atoms with Gasteiger partial charge in [0, 0.05) is 45.6 Å². The van der Waals surface area contributed by atoms with Crippen molar-refractivity contribution in [2.24, 2.45) is 0 Å². The van der Waals surface area contributed by atoms with Gasteiger partial charge in [-0.25, -0.2) is 0 Å². The monoisotopic (exact) mass is 564 g/mol. The van der Waals surface area contributed by atoms with Crippen molar-refractivity contribution < 1.29 is 61.5 Å². The maximum atomic E-state index is 12.1. The standard InChI is InChI=1S/C27H32O13/c1-6-33-23(32)8-7-18-11-19-9-10-34-20(19)12-21(18)39-27-26(38-17(5)31)25(37-16(4)30)24(36-15(3)29)22(40-27)13-35-14(2)28/h9-12,22,24-27H,6-8,13H2,1-5H3/t22-,24-,25+,26-,27-/m1/s1. The number of hydrogen-bond donors (Lipinski definition) is 0. The van der Waals surface area contributed by atoms with Crippen molar-refractivity contribution in [2.75, 3.05) is 13.2 Å². The second-order valence-electron chi connectivity index (χ2n) is 8.91. The third kappa shape index (κ3) is 8.18. The van der Waals surface area contributed by atoms with Gasteiger partial charge >= 0.3 is 29.8 Å². The summed E-state index contributed by atoms with van der Waals surface area (Å²) in [7, 11) is 0. The van der Waals surface area contributed by atoms with Crippen molar-refractivity contribution in [1.82, 2.24) is 0 Å². The highest BCUT2D eigenvalue weighted by atomic mass is 16.7. The fourth-order valence-electron chi connectivity index (χ4n) is 4.22.